The zero-order valence-corrected chi connectivity index (χ0v) is 24.4. The second-order valence-electron chi connectivity index (χ2n) is 11.0. The Bertz CT molecular complexity index is 1680. The van der Waals surface area contributed by atoms with E-state index in [-0.39, 0.29) is 12.6 Å². The lowest BCUT2D eigenvalue weighted by Gasteiger charge is -2.41. The Hall–Kier alpha value is -4.56. The third-order valence-electron chi connectivity index (χ3n) is 7.78. The van der Waals surface area contributed by atoms with Crippen molar-refractivity contribution in [2.45, 2.75) is 24.8 Å². The summed E-state index contributed by atoms with van der Waals surface area (Å²) < 4.78 is 81.4. The van der Waals surface area contributed by atoms with Crippen LogP contribution in [0.5, 0.6) is 0 Å². The molecule has 0 radical (unpaired) electrons. The summed E-state index contributed by atoms with van der Waals surface area (Å²) in [5.41, 5.74) is -1.87. The number of carbonyl (C=O) groups excluding carboxylic acids is 1. The number of piperazine rings is 1. The molecule has 1 aromatic heterocycles. The molecule has 0 N–H and O–H groups in total. The second-order valence-corrected chi connectivity index (χ2v) is 11.0. The number of pyridine rings is 1. The minimum Gasteiger partial charge on any atom is -0.362 e. The number of aromatic nitrogens is 1. The van der Waals surface area contributed by atoms with Crippen LogP contribution < -0.4 is 4.90 Å². The van der Waals surface area contributed by atoms with Crippen molar-refractivity contribution in [3.63, 3.8) is 0 Å². The number of hydrogen-bond acceptors (Lipinski definition) is 4. The van der Waals surface area contributed by atoms with E-state index >= 15 is 0 Å². The number of rotatable bonds is 6. The van der Waals surface area contributed by atoms with Crippen LogP contribution in [0.4, 0.5) is 32.0 Å². The molecule has 4 aromatic rings. The Labute approximate surface area is 257 Å². The first-order chi connectivity index (χ1) is 21.4. The van der Waals surface area contributed by atoms with Crippen molar-refractivity contribution in [2.75, 3.05) is 44.7 Å². The molecule has 0 saturated carbocycles. The van der Waals surface area contributed by atoms with Crippen LogP contribution in [-0.2, 0) is 18.8 Å². The van der Waals surface area contributed by atoms with Gasteiger partial charge >= 0.3 is 12.4 Å². The molecule has 0 bridgehead atoms. The molecular weight excluding hydrogens is 594 g/mol. The number of benzene rings is 3. The molecule has 45 heavy (non-hydrogen) atoms. The minimum atomic E-state index is -5.05. The predicted molar refractivity (Wildman–Crippen MR) is 161 cm³/mol. The van der Waals surface area contributed by atoms with Crippen LogP contribution >= 0.6 is 0 Å². The molecule has 11 heteroatoms. The van der Waals surface area contributed by atoms with E-state index in [0.717, 1.165) is 22.0 Å². The zero-order chi connectivity index (χ0) is 32.2. The standard InChI is InChI=1S/C34H30F6N4O/c1-42(30-9-6-12-41-22-30)13-4-5-14-43-15-16-44(31(23-43)18-24-10-11-25-7-2-3-8-26(25)17-24)32(45)27-19-28(33(35,36)37)21-29(20-27)34(38,39)40/h2-3,6-12,17,19-22,31H,13-16,18,23H2,1H3/t31-/m1/s1. The van der Waals surface area contributed by atoms with Gasteiger partial charge in [0.15, 0.2) is 0 Å². The number of hydrogen-bond donors (Lipinski definition) is 0. The summed E-state index contributed by atoms with van der Waals surface area (Å²) in [6.07, 6.45) is -6.33. The Kier molecular flexibility index (Phi) is 9.34. The lowest BCUT2D eigenvalue weighted by molar-refractivity contribution is -0.143. The van der Waals surface area contributed by atoms with Crippen molar-refractivity contribution in [1.82, 2.24) is 14.8 Å². The van der Waals surface area contributed by atoms with Gasteiger partial charge in [-0.05, 0) is 53.1 Å². The van der Waals surface area contributed by atoms with Gasteiger partial charge in [-0.3, -0.25) is 14.7 Å². The molecule has 1 saturated heterocycles. The number of halogens is 6. The van der Waals surface area contributed by atoms with Crippen LogP contribution in [0.1, 0.15) is 27.0 Å². The summed E-state index contributed by atoms with van der Waals surface area (Å²) in [5.74, 6) is 5.40. The average Bonchev–Trinajstić information content (AvgIpc) is 3.02. The highest BCUT2D eigenvalue weighted by Gasteiger charge is 2.39. The highest BCUT2D eigenvalue weighted by Crippen LogP contribution is 2.37. The Morgan fingerprint density at radius 2 is 1.60 bits per heavy atom. The fraction of sp³-hybridized carbons (Fsp3) is 0.294. The van der Waals surface area contributed by atoms with Crippen LogP contribution in [-0.4, -0.2) is 66.5 Å². The van der Waals surface area contributed by atoms with Crippen LogP contribution in [0.25, 0.3) is 10.8 Å². The molecule has 1 atom stereocenters. The first-order valence-electron chi connectivity index (χ1n) is 14.3. The lowest BCUT2D eigenvalue weighted by Crippen LogP contribution is -2.56. The van der Waals surface area contributed by atoms with Gasteiger partial charge in [-0.15, -0.1) is 0 Å². The van der Waals surface area contributed by atoms with Gasteiger partial charge in [-0.25, -0.2) is 0 Å². The summed E-state index contributed by atoms with van der Waals surface area (Å²) in [5, 5.41) is 2.01. The molecule has 1 amide bonds. The molecule has 3 aromatic carbocycles. The van der Waals surface area contributed by atoms with Crippen molar-refractivity contribution in [3.05, 3.63) is 107 Å². The van der Waals surface area contributed by atoms with E-state index in [1.807, 2.05) is 71.4 Å². The normalized spacial score (nSPS) is 15.9. The summed E-state index contributed by atoms with van der Waals surface area (Å²) in [7, 11) is 1.90. The first kappa shape index (κ1) is 31.9. The summed E-state index contributed by atoms with van der Waals surface area (Å²) in [6, 6.07) is 17.9. The van der Waals surface area contributed by atoms with E-state index in [2.05, 4.69) is 16.8 Å². The molecular formula is C34H30F6N4O. The van der Waals surface area contributed by atoms with Gasteiger partial charge in [-0.2, -0.15) is 26.3 Å². The molecule has 1 aliphatic rings. The summed E-state index contributed by atoms with van der Waals surface area (Å²) in [6.45, 7) is 1.67. The van der Waals surface area contributed by atoms with Gasteiger partial charge in [0.1, 0.15) is 0 Å². The third-order valence-corrected chi connectivity index (χ3v) is 7.78. The maximum Gasteiger partial charge on any atom is 0.416 e. The van der Waals surface area contributed by atoms with Crippen LogP contribution in [0.2, 0.25) is 0 Å². The number of anilines is 1. The van der Waals surface area contributed by atoms with Gasteiger partial charge in [-0.1, -0.05) is 54.3 Å². The molecule has 2 heterocycles. The predicted octanol–water partition coefficient (Wildman–Crippen LogP) is 6.78. The Morgan fingerprint density at radius 1 is 0.889 bits per heavy atom. The third kappa shape index (κ3) is 7.94. The molecule has 0 spiro atoms. The SMILES string of the molecule is CN(CC#CCN1CCN(C(=O)c2cc(C(F)(F)F)cc(C(F)(F)F)c2)[C@H](Cc2ccc3ccccc3c2)C1)c1cccnc1. The maximum atomic E-state index is 13.7. The van der Waals surface area contributed by atoms with E-state index in [1.165, 1.54) is 4.90 Å². The van der Waals surface area contributed by atoms with Gasteiger partial charge in [0, 0.05) is 44.5 Å². The topological polar surface area (TPSA) is 39.7 Å². The largest absolute Gasteiger partial charge is 0.416 e. The summed E-state index contributed by atoms with van der Waals surface area (Å²) in [4.78, 5) is 23.2. The van der Waals surface area contributed by atoms with Crippen molar-refractivity contribution in [2.24, 2.45) is 0 Å². The monoisotopic (exact) mass is 624 g/mol. The Balaban J connectivity index is 1.39. The van der Waals surface area contributed by atoms with E-state index in [9.17, 15) is 31.1 Å². The Morgan fingerprint density at radius 3 is 2.27 bits per heavy atom. The fourth-order valence-electron chi connectivity index (χ4n) is 5.40. The molecule has 0 unspecified atom stereocenters. The fourth-order valence-corrected chi connectivity index (χ4v) is 5.40. The summed E-state index contributed by atoms with van der Waals surface area (Å²) >= 11 is 0. The van der Waals surface area contributed by atoms with E-state index < -0.39 is 41.0 Å². The van der Waals surface area contributed by atoms with Crippen molar-refractivity contribution in [1.29, 1.82) is 0 Å². The van der Waals surface area contributed by atoms with Crippen LogP contribution in [0.3, 0.4) is 0 Å². The number of alkyl halides is 6. The van der Waals surface area contributed by atoms with Gasteiger partial charge in [0.05, 0.1) is 36.1 Å². The van der Waals surface area contributed by atoms with Crippen LogP contribution in [0, 0.1) is 11.8 Å². The van der Waals surface area contributed by atoms with Crippen molar-refractivity contribution in [3.8, 4) is 11.8 Å². The molecule has 5 nitrogen and oxygen atoms in total. The highest BCUT2D eigenvalue weighted by molar-refractivity contribution is 5.95. The van der Waals surface area contributed by atoms with Crippen molar-refractivity contribution < 1.29 is 31.1 Å². The average molecular weight is 625 g/mol. The van der Waals surface area contributed by atoms with Crippen molar-refractivity contribution >= 4 is 22.4 Å². The van der Waals surface area contributed by atoms with Gasteiger partial charge in [0.25, 0.3) is 5.91 Å². The van der Waals surface area contributed by atoms with Crippen LogP contribution in [0.15, 0.2) is 85.2 Å². The zero-order valence-electron chi connectivity index (χ0n) is 24.4. The van der Waals surface area contributed by atoms with E-state index in [0.29, 0.717) is 44.7 Å². The maximum absolute atomic E-state index is 13.7. The highest BCUT2D eigenvalue weighted by atomic mass is 19.4. The smallest absolute Gasteiger partial charge is 0.362 e. The second kappa shape index (κ2) is 13.2. The number of fused-ring (bicyclic) bond motifs is 1. The number of carbonyl (C=O) groups is 1. The first-order valence-corrected chi connectivity index (χ1v) is 14.3. The molecule has 234 valence electrons. The lowest BCUT2D eigenvalue weighted by atomic mass is 9.97. The van der Waals surface area contributed by atoms with E-state index in [1.54, 1.807) is 12.4 Å². The molecule has 1 aliphatic heterocycles. The quantitative estimate of drug-likeness (QED) is 0.175. The van der Waals surface area contributed by atoms with E-state index in [4.69, 9.17) is 0 Å². The van der Waals surface area contributed by atoms with Gasteiger partial charge in [0.2, 0.25) is 0 Å². The number of amides is 1. The minimum absolute atomic E-state index is 0.0334. The molecule has 5 rings (SSSR count). The number of nitrogens with zero attached hydrogens (tertiary/aromatic N) is 4. The van der Waals surface area contributed by atoms with Gasteiger partial charge < -0.3 is 9.80 Å². The molecule has 0 aliphatic carbocycles. The molecule has 1 fully saturated rings.